The van der Waals surface area contributed by atoms with Crippen molar-refractivity contribution in [2.75, 3.05) is 12.4 Å². The third kappa shape index (κ3) is 3.34. The highest BCUT2D eigenvalue weighted by atomic mass is 32.2. The fourth-order valence-electron chi connectivity index (χ4n) is 3.04. The largest absolute Gasteiger partial charge is 0.496 e. The fourth-order valence-corrected chi connectivity index (χ4v) is 5.16. The van der Waals surface area contributed by atoms with Crippen molar-refractivity contribution >= 4 is 34.1 Å². The Morgan fingerprint density at radius 3 is 2.92 bits per heavy atom. The van der Waals surface area contributed by atoms with Crippen molar-refractivity contribution in [3.05, 3.63) is 58.5 Å². The second-order valence-corrected chi connectivity index (χ2v) is 8.21. The van der Waals surface area contributed by atoms with Gasteiger partial charge in [0.1, 0.15) is 5.75 Å². The maximum Gasteiger partial charge on any atom is 0.230 e. The van der Waals surface area contributed by atoms with Gasteiger partial charge in [0.25, 0.3) is 0 Å². The van der Waals surface area contributed by atoms with E-state index >= 15 is 0 Å². The van der Waals surface area contributed by atoms with E-state index < -0.39 is 0 Å². The summed E-state index contributed by atoms with van der Waals surface area (Å²) in [6, 6.07) is 14.1. The number of nitrogens with one attached hydrogen (secondary N) is 1. The zero-order valence-corrected chi connectivity index (χ0v) is 16.2. The molecule has 132 valence electrons. The Bertz CT molecular complexity index is 982. The Labute approximate surface area is 160 Å². The first-order valence-electron chi connectivity index (χ1n) is 8.29. The number of hydrogen-bond acceptors (Lipinski definition) is 5. The Morgan fingerprint density at radius 2 is 2.12 bits per heavy atom. The van der Waals surface area contributed by atoms with Crippen molar-refractivity contribution in [2.45, 2.75) is 24.0 Å². The molecule has 0 saturated heterocycles. The van der Waals surface area contributed by atoms with E-state index in [9.17, 15) is 4.79 Å². The lowest BCUT2D eigenvalue weighted by molar-refractivity contribution is -0.115. The number of aryl methyl sites for hydroxylation is 1. The number of hydrogen-bond donors (Lipinski definition) is 1. The molecule has 0 unspecified atom stereocenters. The highest BCUT2D eigenvalue weighted by molar-refractivity contribution is 7.98. The molecule has 1 amide bonds. The first kappa shape index (κ1) is 17.1. The molecule has 6 heteroatoms. The molecule has 1 N–H and O–H groups in total. The highest BCUT2D eigenvalue weighted by Gasteiger charge is 2.21. The molecule has 0 aliphatic carbocycles. The Morgan fingerprint density at radius 1 is 1.27 bits per heavy atom. The van der Waals surface area contributed by atoms with Crippen molar-refractivity contribution in [1.29, 1.82) is 0 Å². The molecule has 3 aromatic rings. The van der Waals surface area contributed by atoms with Gasteiger partial charge in [-0.2, -0.15) is 0 Å². The van der Waals surface area contributed by atoms with E-state index in [0.717, 1.165) is 33.9 Å². The average molecular weight is 383 g/mol. The Hall–Kier alpha value is -2.31. The van der Waals surface area contributed by atoms with Crippen LogP contribution in [-0.4, -0.2) is 18.0 Å². The number of carbonyl (C=O) groups excluding carboxylic acids is 1. The lowest BCUT2D eigenvalue weighted by Crippen LogP contribution is -2.14. The van der Waals surface area contributed by atoms with Gasteiger partial charge in [-0.15, -0.1) is 23.1 Å². The molecule has 1 aromatic heterocycles. The quantitative estimate of drug-likeness (QED) is 0.696. The van der Waals surface area contributed by atoms with Gasteiger partial charge >= 0.3 is 0 Å². The summed E-state index contributed by atoms with van der Waals surface area (Å²) in [4.78, 5) is 19.6. The van der Waals surface area contributed by atoms with Gasteiger partial charge in [0, 0.05) is 21.1 Å². The number of anilines is 1. The fraction of sp³-hybridized carbons (Fsp3) is 0.200. The number of thiazole rings is 1. The molecule has 2 aromatic carbocycles. The van der Waals surface area contributed by atoms with Crippen LogP contribution in [0, 0.1) is 6.92 Å². The molecule has 0 fully saturated rings. The maximum absolute atomic E-state index is 12.4. The van der Waals surface area contributed by atoms with E-state index in [1.807, 2.05) is 49.0 Å². The highest BCUT2D eigenvalue weighted by Crippen LogP contribution is 2.44. The van der Waals surface area contributed by atoms with Gasteiger partial charge in [0.05, 0.1) is 19.2 Å². The van der Waals surface area contributed by atoms with Crippen LogP contribution in [0.4, 0.5) is 5.13 Å². The van der Waals surface area contributed by atoms with E-state index in [4.69, 9.17) is 4.74 Å². The van der Waals surface area contributed by atoms with Gasteiger partial charge < -0.3 is 10.1 Å². The molecule has 26 heavy (non-hydrogen) atoms. The van der Waals surface area contributed by atoms with Gasteiger partial charge in [0.2, 0.25) is 5.91 Å². The van der Waals surface area contributed by atoms with Crippen molar-refractivity contribution < 1.29 is 9.53 Å². The number of ether oxygens (including phenoxy) is 1. The minimum absolute atomic E-state index is 0.0541. The van der Waals surface area contributed by atoms with Gasteiger partial charge in [-0.05, 0) is 30.2 Å². The monoisotopic (exact) mass is 382 g/mol. The summed E-state index contributed by atoms with van der Waals surface area (Å²) in [5, 5.41) is 3.62. The van der Waals surface area contributed by atoms with Crippen LogP contribution < -0.4 is 10.1 Å². The summed E-state index contributed by atoms with van der Waals surface area (Å²) in [6.07, 6.45) is 0.320. The second kappa shape index (κ2) is 7.13. The summed E-state index contributed by atoms with van der Waals surface area (Å²) in [5.41, 5.74) is 4.14. The van der Waals surface area contributed by atoms with Gasteiger partial charge in [-0.25, -0.2) is 4.98 Å². The number of fused-ring (bicyclic) bond motifs is 3. The molecule has 0 spiro atoms. The smallest absolute Gasteiger partial charge is 0.230 e. The van der Waals surface area contributed by atoms with E-state index in [1.54, 1.807) is 18.4 Å². The zero-order chi connectivity index (χ0) is 18.1. The van der Waals surface area contributed by atoms with Crippen LogP contribution in [0.25, 0.3) is 11.3 Å². The number of aromatic nitrogens is 1. The second-order valence-electron chi connectivity index (χ2n) is 6.10. The number of carbonyl (C=O) groups is 1. The van der Waals surface area contributed by atoms with Crippen molar-refractivity contribution in [2.24, 2.45) is 0 Å². The van der Waals surface area contributed by atoms with Crippen molar-refractivity contribution in [1.82, 2.24) is 4.98 Å². The number of benzene rings is 2. The number of methoxy groups -OCH3 is 1. The van der Waals surface area contributed by atoms with Gasteiger partial charge in [-0.1, -0.05) is 30.3 Å². The summed E-state index contributed by atoms with van der Waals surface area (Å²) in [5.74, 6) is 1.68. The van der Waals surface area contributed by atoms with Crippen LogP contribution >= 0.6 is 23.1 Å². The first-order chi connectivity index (χ1) is 12.6. The number of rotatable bonds is 4. The van der Waals surface area contributed by atoms with Crippen LogP contribution in [0.15, 0.2) is 47.4 Å². The molecular formula is C20H18N2O2S2. The third-order valence-corrected chi connectivity index (χ3v) is 6.52. The first-order valence-corrected chi connectivity index (χ1v) is 10.1. The molecule has 2 heterocycles. The number of thioether (sulfide) groups is 1. The van der Waals surface area contributed by atoms with E-state index in [1.165, 1.54) is 9.77 Å². The molecule has 4 nitrogen and oxygen atoms in total. The zero-order valence-electron chi connectivity index (χ0n) is 14.5. The van der Waals surface area contributed by atoms with E-state index in [-0.39, 0.29) is 5.91 Å². The molecule has 0 radical (unpaired) electrons. The molecule has 0 saturated carbocycles. The van der Waals surface area contributed by atoms with Crippen molar-refractivity contribution in [3.63, 3.8) is 0 Å². The van der Waals surface area contributed by atoms with E-state index in [0.29, 0.717) is 11.6 Å². The molecule has 1 aliphatic heterocycles. The SMILES string of the molecule is COc1ccc(CC(=O)Nc2nc3c(s2)CSc2ccccc2-3)cc1C. The topological polar surface area (TPSA) is 51.2 Å². The van der Waals surface area contributed by atoms with Crippen LogP contribution in [0.5, 0.6) is 5.75 Å². The Kier molecular flexibility index (Phi) is 4.70. The number of amides is 1. The molecule has 4 rings (SSSR count). The molecule has 0 atom stereocenters. The number of nitrogens with zero attached hydrogens (tertiary/aromatic N) is 1. The normalized spacial score (nSPS) is 12.2. The van der Waals surface area contributed by atoms with Gasteiger partial charge in [0.15, 0.2) is 5.13 Å². The lowest BCUT2D eigenvalue weighted by atomic mass is 10.1. The summed E-state index contributed by atoms with van der Waals surface area (Å²) in [7, 11) is 1.65. The minimum Gasteiger partial charge on any atom is -0.496 e. The molecular weight excluding hydrogens is 364 g/mol. The van der Waals surface area contributed by atoms with E-state index in [2.05, 4.69) is 22.4 Å². The standard InChI is InChI=1S/C20H18N2O2S2/c1-12-9-13(7-8-15(12)24-2)10-18(23)21-20-22-19-14-5-3-4-6-16(14)25-11-17(19)26-20/h3-9H,10-11H2,1-2H3,(H,21,22,23). The summed E-state index contributed by atoms with van der Waals surface area (Å²) in [6.45, 7) is 1.98. The predicted octanol–water partition coefficient (Wildman–Crippen LogP) is 4.91. The average Bonchev–Trinajstić information content (AvgIpc) is 3.04. The summed E-state index contributed by atoms with van der Waals surface area (Å²) < 4.78 is 5.26. The lowest BCUT2D eigenvalue weighted by Gasteiger charge is -2.13. The van der Waals surface area contributed by atoms with Crippen LogP contribution in [0.2, 0.25) is 0 Å². The van der Waals surface area contributed by atoms with Crippen molar-refractivity contribution in [3.8, 4) is 17.0 Å². The van der Waals surface area contributed by atoms with Gasteiger partial charge in [-0.3, -0.25) is 4.79 Å². The molecule has 0 bridgehead atoms. The predicted molar refractivity (Wildman–Crippen MR) is 107 cm³/mol. The van der Waals surface area contributed by atoms with Crippen LogP contribution in [0.1, 0.15) is 16.0 Å². The minimum atomic E-state index is -0.0541. The maximum atomic E-state index is 12.4. The van der Waals surface area contributed by atoms with Crippen LogP contribution in [-0.2, 0) is 17.0 Å². The third-order valence-electron chi connectivity index (χ3n) is 4.27. The molecule has 1 aliphatic rings. The van der Waals surface area contributed by atoms with Crippen LogP contribution in [0.3, 0.4) is 0 Å². The summed E-state index contributed by atoms with van der Waals surface area (Å²) >= 11 is 3.38. The Balaban J connectivity index is 1.50.